The first-order chi connectivity index (χ1) is 15.6. The maximum atomic E-state index is 2.82. The highest BCUT2D eigenvalue weighted by atomic mass is 15.4. The minimum Gasteiger partial charge on any atom is -0.322 e. The van der Waals surface area contributed by atoms with Crippen LogP contribution < -0.4 is 9.80 Å². The molecule has 0 aromatic heterocycles. The zero-order chi connectivity index (χ0) is 21.9. The van der Waals surface area contributed by atoms with E-state index in [9.17, 15) is 0 Å². The molecule has 32 heavy (non-hydrogen) atoms. The summed E-state index contributed by atoms with van der Waals surface area (Å²) in [6.45, 7) is 7.31. The molecule has 2 fully saturated rings. The second-order valence-corrected chi connectivity index (χ2v) is 11.0. The van der Waals surface area contributed by atoms with Crippen molar-refractivity contribution in [3.8, 4) is 0 Å². The molecule has 6 rings (SSSR count). The molecule has 2 nitrogen and oxygen atoms in total. The van der Waals surface area contributed by atoms with Gasteiger partial charge in [-0.3, -0.25) is 0 Å². The second kappa shape index (κ2) is 7.68. The van der Waals surface area contributed by atoms with Gasteiger partial charge in [0.25, 0.3) is 0 Å². The summed E-state index contributed by atoms with van der Waals surface area (Å²) in [6.07, 6.45) is 12.8. The molecular formula is C30H38N2. The summed E-state index contributed by atoms with van der Waals surface area (Å²) in [7, 11) is 0. The molecule has 2 aromatic carbocycles. The predicted octanol–water partition coefficient (Wildman–Crippen LogP) is 7.92. The Morgan fingerprint density at radius 1 is 0.719 bits per heavy atom. The summed E-state index contributed by atoms with van der Waals surface area (Å²) < 4.78 is 0. The molecule has 2 aliphatic heterocycles. The Bertz CT molecular complexity index is 1040. The van der Waals surface area contributed by atoms with Crippen LogP contribution in [-0.4, -0.2) is 6.17 Å². The Balaban J connectivity index is 1.57. The first kappa shape index (κ1) is 20.4. The lowest BCUT2D eigenvalue weighted by Crippen LogP contribution is -2.46. The van der Waals surface area contributed by atoms with Gasteiger partial charge < -0.3 is 9.80 Å². The highest BCUT2D eigenvalue weighted by molar-refractivity contribution is 5.79. The summed E-state index contributed by atoms with van der Waals surface area (Å²) in [5, 5.41) is 0. The number of para-hydroxylation sites is 2. The van der Waals surface area contributed by atoms with Crippen molar-refractivity contribution in [1.29, 1.82) is 0 Å². The summed E-state index contributed by atoms with van der Waals surface area (Å²) in [6, 6.07) is 18.5. The fourth-order valence-corrected chi connectivity index (χ4v) is 7.80. The molecule has 168 valence electrons. The van der Waals surface area contributed by atoms with E-state index in [4.69, 9.17) is 0 Å². The van der Waals surface area contributed by atoms with E-state index in [1.165, 1.54) is 80.4 Å². The average Bonchev–Trinajstić information content (AvgIpc) is 3.52. The SMILES string of the molecule is CC1=C2N(c3ccccc3C2(C)C2CCCCC2)C(C2CCCC2)N1c1ccccc1C. The third-order valence-electron chi connectivity index (χ3n) is 9.31. The van der Waals surface area contributed by atoms with Crippen molar-refractivity contribution in [3.63, 3.8) is 0 Å². The lowest BCUT2D eigenvalue weighted by atomic mass is 9.65. The zero-order valence-electron chi connectivity index (χ0n) is 20.1. The second-order valence-electron chi connectivity index (χ2n) is 11.0. The number of anilines is 2. The van der Waals surface area contributed by atoms with Gasteiger partial charge in [-0.15, -0.1) is 0 Å². The van der Waals surface area contributed by atoms with Crippen LogP contribution in [0.1, 0.15) is 82.8 Å². The summed E-state index contributed by atoms with van der Waals surface area (Å²) in [5.74, 6) is 1.47. The third-order valence-corrected chi connectivity index (χ3v) is 9.31. The van der Waals surface area contributed by atoms with Gasteiger partial charge >= 0.3 is 0 Å². The monoisotopic (exact) mass is 426 g/mol. The smallest absolute Gasteiger partial charge is 0.113 e. The van der Waals surface area contributed by atoms with E-state index in [0.717, 1.165) is 11.8 Å². The van der Waals surface area contributed by atoms with Crippen LogP contribution in [-0.2, 0) is 5.41 Å². The van der Waals surface area contributed by atoms with Crippen molar-refractivity contribution in [3.05, 3.63) is 71.1 Å². The lowest BCUT2D eigenvalue weighted by Gasteiger charge is -2.39. The maximum Gasteiger partial charge on any atom is 0.113 e. The highest BCUT2D eigenvalue weighted by Crippen LogP contribution is 2.61. The van der Waals surface area contributed by atoms with Crippen LogP contribution in [0, 0.1) is 18.8 Å². The normalized spacial score (nSPS) is 28.5. The van der Waals surface area contributed by atoms with Gasteiger partial charge in [0.1, 0.15) is 6.17 Å². The molecule has 0 bridgehead atoms. The van der Waals surface area contributed by atoms with Crippen LogP contribution in [0.2, 0.25) is 0 Å². The molecule has 2 saturated carbocycles. The quantitative estimate of drug-likeness (QED) is 0.492. The van der Waals surface area contributed by atoms with Gasteiger partial charge in [-0.25, -0.2) is 0 Å². The van der Waals surface area contributed by atoms with Gasteiger partial charge in [-0.2, -0.15) is 0 Å². The van der Waals surface area contributed by atoms with Crippen molar-refractivity contribution in [2.75, 3.05) is 9.80 Å². The van der Waals surface area contributed by atoms with Gasteiger partial charge in [0.15, 0.2) is 0 Å². The molecule has 0 spiro atoms. The molecule has 2 aliphatic carbocycles. The largest absolute Gasteiger partial charge is 0.322 e. The number of fused-ring (bicyclic) bond motifs is 3. The van der Waals surface area contributed by atoms with E-state index in [1.807, 2.05) is 0 Å². The van der Waals surface area contributed by atoms with Crippen LogP contribution in [0.25, 0.3) is 0 Å². The summed E-state index contributed by atoms with van der Waals surface area (Å²) in [5.41, 5.74) is 9.12. The molecule has 2 heteroatoms. The number of nitrogens with zero attached hydrogens (tertiary/aromatic N) is 2. The molecule has 2 aromatic rings. The maximum absolute atomic E-state index is 2.82. The van der Waals surface area contributed by atoms with Crippen LogP contribution in [0.5, 0.6) is 0 Å². The van der Waals surface area contributed by atoms with Gasteiger partial charge in [-0.1, -0.05) is 68.5 Å². The first-order valence-corrected chi connectivity index (χ1v) is 13.1. The molecule has 0 saturated heterocycles. The number of hydrogen-bond donors (Lipinski definition) is 0. The van der Waals surface area contributed by atoms with Gasteiger partial charge in [0.2, 0.25) is 0 Å². The number of aryl methyl sites for hydroxylation is 1. The van der Waals surface area contributed by atoms with E-state index in [1.54, 1.807) is 11.3 Å². The first-order valence-electron chi connectivity index (χ1n) is 13.1. The van der Waals surface area contributed by atoms with Crippen molar-refractivity contribution in [1.82, 2.24) is 0 Å². The minimum atomic E-state index is 0.120. The zero-order valence-corrected chi connectivity index (χ0v) is 20.1. The van der Waals surface area contributed by atoms with Crippen LogP contribution in [0.3, 0.4) is 0 Å². The number of hydrogen-bond acceptors (Lipinski definition) is 2. The lowest BCUT2D eigenvalue weighted by molar-refractivity contribution is 0.253. The van der Waals surface area contributed by atoms with Crippen molar-refractivity contribution < 1.29 is 0 Å². The molecule has 2 atom stereocenters. The van der Waals surface area contributed by atoms with Crippen molar-refractivity contribution in [2.45, 2.75) is 90.1 Å². The molecule has 0 amide bonds. The summed E-state index contributed by atoms with van der Waals surface area (Å²) in [4.78, 5) is 5.57. The Morgan fingerprint density at radius 2 is 1.34 bits per heavy atom. The van der Waals surface area contributed by atoms with Crippen LogP contribution in [0.15, 0.2) is 59.9 Å². The van der Waals surface area contributed by atoms with Gasteiger partial charge in [0, 0.05) is 22.5 Å². The molecule has 2 unspecified atom stereocenters. The Hall–Kier alpha value is -2.22. The Kier molecular flexibility index (Phi) is 4.89. The highest BCUT2D eigenvalue weighted by Gasteiger charge is 2.57. The minimum absolute atomic E-state index is 0.120. The number of benzene rings is 2. The van der Waals surface area contributed by atoms with Gasteiger partial charge in [-0.05, 0) is 81.5 Å². The van der Waals surface area contributed by atoms with E-state index < -0.39 is 0 Å². The van der Waals surface area contributed by atoms with Crippen LogP contribution in [0.4, 0.5) is 11.4 Å². The fourth-order valence-electron chi connectivity index (χ4n) is 7.80. The molecular weight excluding hydrogens is 388 g/mol. The number of rotatable bonds is 3. The Labute approximate surface area is 194 Å². The van der Waals surface area contributed by atoms with E-state index >= 15 is 0 Å². The van der Waals surface area contributed by atoms with Crippen molar-refractivity contribution in [2.24, 2.45) is 11.8 Å². The predicted molar refractivity (Wildman–Crippen MR) is 135 cm³/mol. The molecule has 4 aliphatic rings. The van der Waals surface area contributed by atoms with Crippen LogP contribution >= 0.6 is 0 Å². The molecule has 0 radical (unpaired) electrons. The summed E-state index contributed by atoms with van der Waals surface area (Å²) >= 11 is 0. The van der Waals surface area contributed by atoms with E-state index in [2.05, 4.69) is 79.1 Å². The number of allylic oxidation sites excluding steroid dienone is 2. The van der Waals surface area contributed by atoms with Crippen molar-refractivity contribution >= 4 is 11.4 Å². The average molecular weight is 427 g/mol. The molecule has 2 heterocycles. The van der Waals surface area contributed by atoms with Gasteiger partial charge in [0.05, 0.1) is 5.70 Å². The van der Waals surface area contributed by atoms with E-state index in [-0.39, 0.29) is 5.41 Å². The Morgan fingerprint density at radius 3 is 2.06 bits per heavy atom. The standard InChI is InChI=1S/C30H38N2/c1-21-13-7-11-19-26(21)31-22(2)28-30(3,24-16-5-4-6-17-24)25-18-10-12-20-27(25)32(28)29(31)23-14-8-9-15-23/h7,10-13,18-20,23-24,29H,4-6,8-9,14-17H2,1-3H3. The third kappa shape index (κ3) is 2.77. The molecule has 0 N–H and O–H groups in total. The fraction of sp³-hybridized carbons (Fsp3) is 0.533. The van der Waals surface area contributed by atoms with E-state index in [0.29, 0.717) is 6.17 Å². The topological polar surface area (TPSA) is 6.48 Å².